The van der Waals surface area contributed by atoms with Gasteiger partial charge in [0.2, 0.25) is 0 Å². The van der Waals surface area contributed by atoms with Gasteiger partial charge in [0.25, 0.3) is 11.8 Å². The standard InChI is InChI=1S/C28H30ClN3O3.ClH/c1-18-6-3-4-8-22(18)27(33)31-21-10-11-23(26(17-21)35-2)28(34)32-15-5-7-19(13-14-30)24-16-20(29)9-12-25(24)32;/h3-4,6,8-12,16-17,19H,5,7,13-15,30H2,1-2H3,(H,31,33);1H. The molecule has 1 heterocycles. The number of methoxy groups -OCH3 is 1. The molecule has 1 aliphatic rings. The first kappa shape index (κ1) is 27.5. The number of anilines is 2. The van der Waals surface area contributed by atoms with Gasteiger partial charge in [0.1, 0.15) is 5.75 Å². The molecule has 0 aliphatic carbocycles. The molecule has 6 nitrogen and oxygen atoms in total. The van der Waals surface area contributed by atoms with Crippen LogP contribution in [0, 0.1) is 6.92 Å². The zero-order valence-electron chi connectivity index (χ0n) is 20.4. The number of amides is 2. The number of carbonyl (C=O) groups is 2. The maximum atomic E-state index is 13.7. The Labute approximate surface area is 223 Å². The lowest BCUT2D eigenvalue weighted by molar-refractivity contribution is 0.0983. The average molecular weight is 528 g/mol. The normalized spacial score (nSPS) is 14.8. The molecule has 2 amide bonds. The van der Waals surface area contributed by atoms with Gasteiger partial charge in [-0.25, -0.2) is 0 Å². The highest BCUT2D eigenvalue weighted by Crippen LogP contribution is 2.39. The van der Waals surface area contributed by atoms with Gasteiger partial charge in [-0.05, 0) is 86.2 Å². The molecule has 0 saturated heterocycles. The molecule has 3 aromatic carbocycles. The molecule has 36 heavy (non-hydrogen) atoms. The lowest BCUT2D eigenvalue weighted by Gasteiger charge is -2.25. The van der Waals surface area contributed by atoms with Crippen LogP contribution in [0.2, 0.25) is 5.02 Å². The third-order valence-corrected chi connectivity index (χ3v) is 6.73. The third kappa shape index (κ3) is 5.84. The summed E-state index contributed by atoms with van der Waals surface area (Å²) < 4.78 is 5.57. The van der Waals surface area contributed by atoms with Gasteiger partial charge in [0, 0.05) is 34.6 Å². The molecule has 4 rings (SSSR count). The van der Waals surface area contributed by atoms with E-state index in [1.54, 1.807) is 29.2 Å². The summed E-state index contributed by atoms with van der Waals surface area (Å²) in [6.45, 7) is 3.05. The largest absolute Gasteiger partial charge is 0.496 e. The van der Waals surface area contributed by atoms with Crippen LogP contribution in [-0.4, -0.2) is 32.0 Å². The molecular weight excluding hydrogens is 497 g/mol. The summed E-state index contributed by atoms with van der Waals surface area (Å²) in [5, 5.41) is 3.55. The quantitative estimate of drug-likeness (QED) is 0.399. The average Bonchev–Trinajstić information content (AvgIpc) is 3.03. The highest BCUT2D eigenvalue weighted by Gasteiger charge is 2.28. The van der Waals surface area contributed by atoms with Crippen LogP contribution in [0.4, 0.5) is 11.4 Å². The fourth-order valence-corrected chi connectivity index (χ4v) is 4.88. The summed E-state index contributed by atoms with van der Waals surface area (Å²) >= 11 is 6.31. The summed E-state index contributed by atoms with van der Waals surface area (Å²) in [7, 11) is 1.52. The number of nitrogens with one attached hydrogen (secondary N) is 1. The molecule has 0 fully saturated rings. The number of rotatable bonds is 6. The van der Waals surface area contributed by atoms with Crippen LogP contribution in [0.5, 0.6) is 5.75 Å². The first-order valence-electron chi connectivity index (χ1n) is 11.8. The van der Waals surface area contributed by atoms with E-state index >= 15 is 0 Å². The van der Waals surface area contributed by atoms with Crippen molar-refractivity contribution in [2.75, 3.05) is 30.4 Å². The molecule has 8 heteroatoms. The van der Waals surface area contributed by atoms with Crippen molar-refractivity contribution < 1.29 is 14.3 Å². The maximum absolute atomic E-state index is 13.7. The number of nitrogens with two attached hydrogens (primary N) is 1. The van der Waals surface area contributed by atoms with Gasteiger partial charge in [-0.1, -0.05) is 29.8 Å². The van der Waals surface area contributed by atoms with Crippen molar-refractivity contribution in [3.8, 4) is 5.75 Å². The van der Waals surface area contributed by atoms with E-state index in [-0.39, 0.29) is 30.1 Å². The predicted octanol–water partition coefficient (Wildman–Crippen LogP) is 6.20. The molecule has 0 spiro atoms. The second-order valence-corrected chi connectivity index (χ2v) is 9.20. The fraction of sp³-hybridized carbons (Fsp3) is 0.286. The lowest BCUT2D eigenvalue weighted by atomic mass is 9.91. The predicted molar refractivity (Wildman–Crippen MR) is 148 cm³/mol. The Morgan fingerprint density at radius 2 is 1.89 bits per heavy atom. The van der Waals surface area contributed by atoms with E-state index < -0.39 is 0 Å². The Kier molecular flexibility index (Phi) is 9.37. The summed E-state index contributed by atoms with van der Waals surface area (Å²) in [4.78, 5) is 28.3. The maximum Gasteiger partial charge on any atom is 0.262 e. The summed E-state index contributed by atoms with van der Waals surface area (Å²) in [5.74, 6) is 0.285. The van der Waals surface area contributed by atoms with E-state index in [0.717, 1.165) is 36.1 Å². The first-order valence-corrected chi connectivity index (χ1v) is 12.2. The van der Waals surface area contributed by atoms with Crippen molar-refractivity contribution in [1.82, 2.24) is 0 Å². The number of halogens is 2. The molecule has 3 aromatic rings. The van der Waals surface area contributed by atoms with E-state index in [1.165, 1.54) is 7.11 Å². The van der Waals surface area contributed by atoms with E-state index in [2.05, 4.69) is 5.32 Å². The molecule has 0 radical (unpaired) electrons. The fourth-order valence-electron chi connectivity index (χ4n) is 4.70. The molecule has 190 valence electrons. The van der Waals surface area contributed by atoms with Crippen molar-refractivity contribution >= 4 is 47.2 Å². The highest BCUT2D eigenvalue weighted by molar-refractivity contribution is 6.30. The Balaban J connectivity index is 0.00000361. The van der Waals surface area contributed by atoms with Crippen LogP contribution < -0.4 is 20.7 Å². The van der Waals surface area contributed by atoms with Crippen LogP contribution >= 0.6 is 24.0 Å². The van der Waals surface area contributed by atoms with Gasteiger partial charge in [-0.3, -0.25) is 9.59 Å². The van der Waals surface area contributed by atoms with Gasteiger partial charge in [-0.2, -0.15) is 0 Å². The molecule has 0 saturated carbocycles. The number of fused-ring (bicyclic) bond motifs is 1. The topological polar surface area (TPSA) is 84.7 Å². The first-order chi connectivity index (χ1) is 16.9. The Hall–Kier alpha value is -3.06. The number of carbonyl (C=O) groups excluding carboxylic acids is 2. The van der Waals surface area contributed by atoms with Crippen molar-refractivity contribution in [3.05, 3.63) is 87.9 Å². The highest BCUT2D eigenvalue weighted by atomic mass is 35.5. The molecule has 1 aliphatic heterocycles. The smallest absolute Gasteiger partial charge is 0.262 e. The van der Waals surface area contributed by atoms with Crippen molar-refractivity contribution in [2.24, 2.45) is 5.73 Å². The molecule has 0 bridgehead atoms. The van der Waals surface area contributed by atoms with E-state index in [9.17, 15) is 9.59 Å². The minimum absolute atomic E-state index is 0. The van der Waals surface area contributed by atoms with Crippen molar-refractivity contribution in [2.45, 2.75) is 32.1 Å². The number of benzene rings is 3. The van der Waals surface area contributed by atoms with Gasteiger partial charge in [-0.15, -0.1) is 12.4 Å². The monoisotopic (exact) mass is 527 g/mol. The van der Waals surface area contributed by atoms with E-state index in [4.69, 9.17) is 22.1 Å². The number of nitrogens with zero attached hydrogens (tertiary/aromatic N) is 1. The van der Waals surface area contributed by atoms with E-state index in [1.807, 2.05) is 43.3 Å². The summed E-state index contributed by atoms with van der Waals surface area (Å²) in [6.07, 6.45) is 2.64. The van der Waals surface area contributed by atoms with E-state index in [0.29, 0.717) is 40.7 Å². The second-order valence-electron chi connectivity index (χ2n) is 8.76. The van der Waals surface area contributed by atoms with Gasteiger partial charge < -0.3 is 20.7 Å². The van der Waals surface area contributed by atoms with Crippen LogP contribution in [0.15, 0.2) is 60.7 Å². The Morgan fingerprint density at radius 1 is 1.11 bits per heavy atom. The van der Waals surface area contributed by atoms with Crippen LogP contribution in [0.3, 0.4) is 0 Å². The van der Waals surface area contributed by atoms with Crippen molar-refractivity contribution in [1.29, 1.82) is 0 Å². The van der Waals surface area contributed by atoms with Crippen LogP contribution in [-0.2, 0) is 0 Å². The van der Waals surface area contributed by atoms with Gasteiger partial charge in [0.15, 0.2) is 0 Å². The molecular formula is C28H31Cl2N3O3. The van der Waals surface area contributed by atoms with Crippen LogP contribution in [0.1, 0.15) is 57.0 Å². The zero-order chi connectivity index (χ0) is 24.9. The Bertz CT molecular complexity index is 1250. The molecule has 3 N–H and O–H groups in total. The minimum atomic E-state index is -0.214. The number of hydrogen-bond acceptors (Lipinski definition) is 4. The zero-order valence-corrected chi connectivity index (χ0v) is 22.0. The summed E-state index contributed by atoms with van der Waals surface area (Å²) in [6, 6.07) is 18.2. The van der Waals surface area contributed by atoms with Crippen molar-refractivity contribution in [3.63, 3.8) is 0 Å². The van der Waals surface area contributed by atoms with Gasteiger partial charge >= 0.3 is 0 Å². The number of aryl methyl sites for hydroxylation is 1. The molecule has 0 aromatic heterocycles. The summed E-state index contributed by atoms with van der Waals surface area (Å²) in [5.41, 5.74) is 10.2. The molecule has 1 atom stereocenters. The minimum Gasteiger partial charge on any atom is -0.496 e. The number of hydrogen-bond donors (Lipinski definition) is 2. The van der Waals surface area contributed by atoms with Crippen LogP contribution in [0.25, 0.3) is 0 Å². The molecule has 1 unspecified atom stereocenters. The lowest BCUT2D eigenvalue weighted by Crippen LogP contribution is -2.32. The van der Waals surface area contributed by atoms with Gasteiger partial charge in [0.05, 0.1) is 12.7 Å². The number of ether oxygens (including phenoxy) is 1. The SMILES string of the molecule is COc1cc(NC(=O)c2ccccc2C)ccc1C(=O)N1CCCC(CCN)c2cc(Cl)ccc21.Cl. The third-order valence-electron chi connectivity index (χ3n) is 6.49. The second kappa shape index (κ2) is 12.3. The Morgan fingerprint density at radius 3 is 2.61 bits per heavy atom.